The van der Waals surface area contributed by atoms with Crippen LogP contribution in [0.25, 0.3) is 6.08 Å². The Labute approximate surface area is 197 Å². The van der Waals surface area contributed by atoms with E-state index in [4.69, 9.17) is 9.15 Å². The van der Waals surface area contributed by atoms with Gasteiger partial charge >= 0.3 is 11.9 Å². The highest BCUT2D eigenvalue weighted by Crippen LogP contribution is 2.32. The van der Waals surface area contributed by atoms with Crippen LogP contribution in [0.4, 0.5) is 5.69 Å². The zero-order valence-corrected chi connectivity index (χ0v) is 19.5. The van der Waals surface area contributed by atoms with Crippen LogP contribution in [0.1, 0.15) is 33.0 Å². The van der Waals surface area contributed by atoms with Gasteiger partial charge in [0.15, 0.2) is 0 Å². The lowest BCUT2D eigenvalue weighted by molar-refractivity contribution is -0.139. The summed E-state index contributed by atoms with van der Waals surface area (Å²) in [7, 11) is -2.40. The summed E-state index contributed by atoms with van der Waals surface area (Å²) in [6.45, 7) is 1.88. The van der Waals surface area contributed by atoms with Gasteiger partial charge in [-0.15, -0.1) is 0 Å². The van der Waals surface area contributed by atoms with Crippen molar-refractivity contribution in [2.24, 2.45) is 0 Å². The zero-order chi connectivity index (χ0) is 24.3. The molecule has 0 radical (unpaired) electrons. The Morgan fingerprint density at radius 2 is 1.85 bits per heavy atom. The molecule has 4 rings (SSSR count). The molecule has 0 bridgehead atoms. The van der Waals surface area contributed by atoms with Gasteiger partial charge in [0.2, 0.25) is 0 Å². The number of esters is 2. The van der Waals surface area contributed by atoms with Gasteiger partial charge < -0.3 is 13.9 Å². The lowest BCUT2D eigenvalue weighted by atomic mass is 10.2. The third kappa shape index (κ3) is 4.74. The second-order valence-electron chi connectivity index (χ2n) is 7.64. The van der Waals surface area contributed by atoms with Gasteiger partial charge in [-0.1, -0.05) is 30.3 Å². The van der Waals surface area contributed by atoms with Crippen LogP contribution in [-0.4, -0.2) is 34.0 Å². The van der Waals surface area contributed by atoms with Crippen LogP contribution in [0.2, 0.25) is 0 Å². The molecule has 0 saturated heterocycles. The molecule has 0 N–H and O–H groups in total. The Hall–Kier alpha value is -3.85. The van der Waals surface area contributed by atoms with Crippen LogP contribution >= 0.6 is 0 Å². The molecule has 34 heavy (non-hydrogen) atoms. The molecule has 2 aromatic carbocycles. The molecule has 0 spiro atoms. The predicted molar refractivity (Wildman–Crippen MR) is 125 cm³/mol. The summed E-state index contributed by atoms with van der Waals surface area (Å²) >= 11 is 0. The van der Waals surface area contributed by atoms with Crippen molar-refractivity contribution in [3.8, 4) is 0 Å². The van der Waals surface area contributed by atoms with E-state index in [0.717, 1.165) is 5.56 Å². The molecule has 0 atom stereocenters. The van der Waals surface area contributed by atoms with Gasteiger partial charge in [-0.3, -0.25) is 4.31 Å². The number of hydrogen-bond donors (Lipinski definition) is 0. The summed E-state index contributed by atoms with van der Waals surface area (Å²) in [4.78, 5) is 23.8. The van der Waals surface area contributed by atoms with Gasteiger partial charge in [0.1, 0.15) is 23.7 Å². The van der Waals surface area contributed by atoms with Crippen LogP contribution in [0, 0.1) is 6.92 Å². The summed E-state index contributed by atoms with van der Waals surface area (Å²) in [5, 5.41) is 0. The Morgan fingerprint density at radius 1 is 1.12 bits per heavy atom. The number of carbonyl (C=O) groups is 2. The smallest absolute Gasteiger partial charge is 0.341 e. The fourth-order valence-electron chi connectivity index (χ4n) is 3.72. The second kappa shape index (κ2) is 9.56. The van der Waals surface area contributed by atoms with Crippen molar-refractivity contribution in [3.05, 3.63) is 88.9 Å². The van der Waals surface area contributed by atoms with Gasteiger partial charge in [-0.2, -0.15) is 0 Å². The maximum atomic E-state index is 13.1. The van der Waals surface area contributed by atoms with Crippen LogP contribution in [-0.2, 0) is 37.3 Å². The van der Waals surface area contributed by atoms with Gasteiger partial charge in [-0.25, -0.2) is 18.0 Å². The summed E-state index contributed by atoms with van der Waals surface area (Å²) in [5.74, 6) is -0.448. The Kier molecular flexibility index (Phi) is 6.56. The van der Waals surface area contributed by atoms with E-state index in [1.54, 1.807) is 19.1 Å². The summed E-state index contributed by atoms with van der Waals surface area (Å²) in [6.07, 6.45) is 3.44. The van der Waals surface area contributed by atoms with Crippen molar-refractivity contribution < 1.29 is 31.9 Å². The van der Waals surface area contributed by atoms with Gasteiger partial charge in [0, 0.05) is 12.6 Å². The maximum absolute atomic E-state index is 13.1. The van der Waals surface area contributed by atoms with E-state index in [9.17, 15) is 18.0 Å². The van der Waals surface area contributed by atoms with Crippen molar-refractivity contribution in [1.82, 2.24) is 0 Å². The number of ether oxygens (including phenoxy) is 2. The van der Waals surface area contributed by atoms with Crippen molar-refractivity contribution >= 4 is 33.7 Å². The minimum absolute atomic E-state index is 0.143. The number of methoxy groups -OCH3 is 1. The van der Waals surface area contributed by atoms with E-state index in [-0.39, 0.29) is 17.1 Å². The molecular formula is C25H23NO7S. The lowest BCUT2D eigenvalue weighted by Crippen LogP contribution is -2.29. The first-order chi connectivity index (χ1) is 16.3. The Bertz CT molecular complexity index is 1350. The minimum Gasteiger partial charge on any atom is -0.465 e. The van der Waals surface area contributed by atoms with Crippen LogP contribution in [0.3, 0.4) is 0 Å². The van der Waals surface area contributed by atoms with Gasteiger partial charge in [-0.05, 0) is 54.8 Å². The van der Waals surface area contributed by atoms with E-state index in [2.05, 4.69) is 4.74 Å². The number of hydrogen-bond acceptors (Lipinski definition) is 7. The van der Waals surface area contributed by atoms with E-state index >= 15 is 0 Å². The summed E-state index contributed by atoms with van der Waals surface area (Å²) in [5.41, 5.74) is 2.63. The number of fused-ring (bicyclic) bond motifs is 1. The fourth-order valence-corrected chi connectivity index (χ4v) is 5.22. The third-order valence-corrected chi connectivity index (χ3v) is 7.28. The highest BCUT2D eigenvalue weighted by atomic mass is 32.2. The summed E-state index contributed by atoms with van der Waals surface area (Å²) in [6, 6.07) is 15.2. The normalized spacial score (nSPS) is 13.2. The summed E-state index contributed by atoms with van der Waals surface area (Å²) < 4.78 is 42.8. The maximum Gasteiger partial charge on any atom is 0.341 e. The minimum atomic E-state index is -3.67. The molecule has 9 heteroatoms. The van der Waals surface area contributed by atoms with Crippen molar-refractivity contribution in [2.45, 2.75) is 24.8 Å². The van der Waals surface area contributed by atoms with E-state index < -0.39 is 22.0 Å². The fraction of sp³-hybridized carbons (Fsp3) is 0.200. The first kappa shape index (κ1) is 23.3. The molecule has 0 fully saturated rings. The first-order valence-corrected chi connectivity index (χ1v) is 12.0. The quantitative estimate of drug-likeness (QED) is 0.373. The molecular weight excluding hydrogens is 458 g/mol. The molecule has 1 aliphatic heterocycles. The molecule has 0 unspecified atom stereocenters. The molecule has 0 saturated carbocycles. The molecule has 3 aromatic rings. The number of furan rings is 1. The number of sulfonamides is 1. The highest BCUT2D eigenvalue weighted by Gasteiger charge is 2.30. The number of para-hydroxylation sites is 1. The van der Waals surface area contributed by atoms with Crippen molar-refractivity contribution in [1.29, 1.82) is 0 Å². The van der Waals surface area contributed by atoms with E-state index in [1.807, 2.05) is 24.3 Å². The number of benzene rings is 2. The molecule has 1 aromatic heterocycles. The molecule has 176 valence electrons. The topological polar surface area (TPSA) is 103 Å². The number of nitrogens with zero attached hydrogens (tertiary/aromatic N) is 1. The molecule has 8 nitrogen and oxygen atoms in total. The monoisotopic (exact) mass is 481 g/mol. The number of carbonyl (C=O) groups excluding carboxylic acids is 2. The first-order valence-electron chi connectivity index (χ1n) is 10.5. The standard InChI is InChI=1S/C25H23NO7S/c1-17-22(25(28)31-2)15-20(33-17)16-32-24(27)12-9-18-7-10-21(11-8-18)34(29,30)26-14-13-19-5-3-4-6-23(19)26/h3-12,15H,13-14,16H2,1-2H3/b12-9+. The zero-order valence-electron chi connectivity index (χ0n) is 18.7. The Balaban J connectivity index is 1.37. The largest absolute Gasteiger partial charge is 0.465 e. The molecule has 2 heterocycles. The SMILES string of the molecule is COC(=O)c1cc(COC(=O)/C=C/c2ccc(S(=O)(=O)N3CCc4ccccc43)cc2)oc1C. The van der Waals surface area contributed by atoms with Crippen LogP contribution in [0.15, 0.2) is 70.0 Å². The number of aryl methyl sites for hydroxylation is 1. The van der Waals surface area contributed by atoms with E-state index in [1.165, 1.54) is 41.8 Å². The van der Waals surface area contributed by atoms with Crippen molar-refractivity contribution in [3.63, 3.8) is 0 Å². The average Bonchev–Trinajstić information content (AvgIpc) is 3.45. The van der Waals surface area contributed by atoms with E-state index in [0.29, 0.717) is 35.7 Å². The van der Waals surface area contributed by atoms with Gasteiger partial charge in [0.05, 0.1) is 17.7 Å². The number of rotatable bonds is 7. The second-order valence-corrected chi connectivity index (χ2v) is 9.50. The van der Waals surface area contributed by atoms with Crippen molar-refractivity contribution in [2.75, 3.05) is 18.0 Å². The third-order valence-electron chi connectivity index (χ3n) is 5.46. The van der Waals surface area contributed by atoms with Crippen LogP contribution in [0.5, 0.6) is 0 Å². The predicted octanol–water partition coefficient (Wildman–Crippen LogP) is 3.88. The molecule has 0 amide bonds. The Morgan fingerprint density at radius 3 is 2.59 bits per heavy atom. The molecule has 0 aliphatic carbocycles. The number of anilines is 1. The molecule has 1 aliphatic rings. The van der Waals surface area contributed by atoms with Gasteiger partial charge in [0.25, 0.3) is 10.0 Å². The highest BCUT2D eigenvalue weighted by molar-refractivity contribution is 7.92. The average molecular weight is 482 g/mol. The lowest BCUT2D eigenvalue weighted by Gasteiger charge is -2.19. The van der Waals surface area contributed by atoms with Crippen LogP contribution < -0.4 is 4.31 Å².